The average molecular weight is 607 g/mol. The zero-order chi connectivity index (χ0) is 30.9. The molecule has 224 valence electrons. The van der Waals surface area contributed by atoms with Gasteiger partial charge < -0.3 is 24.5 Å². The van der Waals surface area contributed by atoms with Crippen molar-refractivity contribution in [3.05, 3.63) is 161 Å². The number of nitrogens with one attached hydrogen (secondary N) is 2. The van der Waals surface area contributed by atoms with Crippen LogP contribution in [-0.2, 0) is 6.54 Å². The highest BCUT2D eigenvalue weighted by atomic mass is 16.3. The summed E-state index contributed by atoms with van der Waals surface area (Å²) in [5.41, 5.74) is 15.0. The van der Waals surface area contributed by atoms with E-state index in [1.54, 1.807) is 0 Å². The molecular formula is C42H30N4O. The summed E-state index contributed by atoms with van der Waals surface area (Å²) in [6.45, 7) is 1.46. The van der Waals surface area contributed by atoms with Crippen LogP contribution in [0.3, 0.4) is 0 Å². The lowest BCUT2D eigenvalue weighted by Gasteiger charge is -2.28. The van der Waals surface area contributed by atoms with Crippen molar-refractivity contribution in [1.82, 2.24) is 15.2 Å². The van der Waals surface area contributed by atoms with Crippen molar-refractivity contribution in [2.75, 3.05) is 11.4 Å². The second-order valence-electron chi connectivity index (χ2n) is 12.2. The normalized spacial score (nSPS) is 14.1. The van der Waals surface area contributed by atoms with Gasteiger partial charge in [-0.05, 0) is 54.1 Å². The van der Waals surface area contributed by atoms with E-state index in [0.717, 1.165) is 56.8 Å². The van der Waals surface area contributed by atoms with Crippen molar-refractivity contribution >= 4 is 45.8 Å². The fourth-order valence-electron chi connectivity index (χ4n) is 7.66. The van der Waals surface area contributed by atoms with Crippen molar-refractivity contribution in [3.63, 3.8) is 0 Å². The van der Waals surface area contributed by atoms with E-state index in [2.05, 4.69) is 154 Å². The number of rotatable bonds is 3. The molecule has 10 rings (SSSR count). The minimum Gasteiger partial charge on any atom is -0.456 e. The molecule has 0 atom stereocenters. The molecular weight excluding hydrogens is 576 g/mol. The molecule has 5 heterocycles. The van der Waals surface area contributed by atoms with E-state index in [1.807, 2.05) is 12.3 Å². The third kappa shape index (κ3) is 3.83. The highest BCUT2D eigenvalue weighted by Crippen LogP contribution is 2.54. The maximum Gasteiger partial charge on any atom is 0.142 e. The number of hydrogen-bond acceptors (Lipinski definition) is 4. The van der Waals surface area contributed by atoms with E-state index in [1.165, 1.54) is 38.9 Å². The Balaban J connectivity index is 1.25. The standard InChI is InChI=1S/C42H30N4O/c1-2-12-28(13-3-1)46-37-19-8-5-16-31(37)40-30-15-4-7-18-36(30)45(38-20-9-6-17-32(38)41(40)46)29-14-10-11-27(23-29)33-24-44-26-35-34-25-43-22-21-39(34)47-42(33)35/h1-23,26,43-44H,24-25H2. The minimum atomic E-state index is 0.700. The molecule has 0 bridgehead atoms. The molecule has 3 aliphatic rings. The maximum atomic E-state index is 6.49. The fourth-order valence-corrected chi connectivity index (χ4v) is 7.66. The summed E-state index contributed by atoms with van der Waals surface area (Å²) in [4.78, 5) is 2.43. The molecule has 0 radical (unpaired) electrons. The number of hydrogen-bond donors (Lipinski definition) is 2. The Morgan fingerprint density at radius 2 is 1.38 bits per heavy atom. The topological polar surface area (TPSA) is 45.4 Å². The van der Waals surface area contributed by atoms with Crippen LogP contribution in [0.4, 0.5) is 17.1 Å². The lowest BCUT2D eigenvalue weighted by atomic mass is 9.98. The van der Waals surface area contributed by atoms with Crippen LogP contribution in [0.2, 0.25) is 0 Å². The van der Waals surface area contributed by atoms with Crippen molar-refractivity contribution < 1.29 is 4.42 Å². The Bertz CT molecular complexity index is 2540. The Kier molecular flexibility index (Phi) is 5.63. The Morgan fingerprint density at radius 3 is 2.28 bits per heavy atom. The SMILES string of the molecule is C1=Cc2oc3c(c2CN1)=CNCC=3c1cccc(N2c3ccccc3-c3c(n(-c4ccccc4)c4ccccc34)-c3ccccc32)c1. The van der Waals surface area contributed by atoms with Crippen molar-refractivity contribution in [1.29, 1.82) is 0 Å². The molecule has 0 fully saturated rings. The van der Waals surface area contributed by atoms with E-state index in [0.29, 0.717) is 6.54 Å². The second-order valence-corrected chi connectivity index (χ2v) is 12.2. The van der Waals surface area contributed by atoms with E-state index in [-0.39, 0.29) is 0 Å². The molecule has 5 aromatic carbocycles. The number of benzene rings is 5. The predicted octanol–water partition coefficient (Wildman–Crippen LogP) is 7.95. The third-order valence-electron chi connectivity index (χ3n) is 9.67. The highest BCUT2D eigenvalue weighted by Gasteiger charge is 2.31. The molecule has 5 nitrogen and oxygen atoms in total. The lowest BCUT2D eigenvalue weighted by molar-refractivity contribution is 0.511. The van der Waals surface area contributed by atoms with Crippen LogP contribution in [0.25, 0.3) is 56.8 Å². The van der Waals surface area contributed by atoms with Gasteiger partial charge in [-0.1, -0.05) is 84.9 Å². The first kappa shape index (κ1) is 26.1. The van der Waals surface area contributed by atoms with Crippen molar-refractivity contribution in [2.24, 2.45) is 0 Å². The predicted molar refractivity (Wildman–Crippen MR) is 191 cm³/mol. The Hall–Kier alpha value is -6.20. The summed E-state index contributed by atoms with van der Waals surface area (Å²) in [5.74, 6) is 0.932. The fraction of sp³-hybridized carbons (Fsp3) is 0.0476. The smallest absolute Gasteiger partial charge is 0.142 e. The van der Waals surface area contributed by atoms with Crippen LogP contribution in [-0.4, -0.2) is 11.1 Å². The largest absolute Gasteiger partial charge is 0.456 e. The first-order valence-corrected chi connectivity index (χ1v) is 16.1. The van der Waals surface area contributed by atoms with E-state index >= 15 is 0 Å². The number of fused-ring (bicyclic) bond motifs is 10. The zero-order valence-electron chi connectivity index (χ0n) is 25.6. The van der Waals surface area contributed by atoms with Gasteiger partial charge in [0.05, 0.1) is 22.6 Å². The highest BCUT2D eigenvalue weighted by molar-refractivity contribution is 6.13. The lowest BCUT2D eigenvalue weighted by Crippen LogP contribution is -2.36. The molecule has 7 aromatic rings. The van der Waals surface area contributed by atoms with E-state index < -0.39 is 0 Å². The van der Waals surface area contributed by atoms with Gasteiger partial charge in [0.2, 0.25) is 0 Å². The minimum absolute atomic E-state index is 0.700. The molecule has 0 aliphatic carbocycles. The van der Waals surface area contributed by atoms with Gasteiger partial charge in [-0.3, -0.25) is 0 Å². The van der Waals surface area contributed by atoms with Gasteiger partial charge in [0, 0.05) is 75.3 Å². The van der Waals surface area contributed by atoms with Crippen LogP contribution < -0.4 is 26.2 Å². The van der Waals surface area contributed by atoms with Gasteiger partial charge in [0.1, 0.15) is 11.2 Å². The molecule has 2 N–H and O–H groups in total. The second kappa shape index (κ2) is 10.2. The molecule has 0 saturated carbocycles. The molecule has 2 aromatic heterocycles. The summed E-state index contributed by atoms with van der Waals surface area (Å²) in [6.07, 6.45) is 6.08. The van der Waals surface area contributed by atoms with Gasteiger partial charge in [0.15, 0.2) is 0 Å². The monoisotopic (exact) mass is 606 g/mol. The van der Waals surface area contributed by atoms with Crippen LogP contribution in [0.15, 0.2) is 138 Å². The molecule has 5 heteroatoms. The van der Waals surface area contributed by atoms with Gasteiger partial charge in [-0.15, -0.1) is 0 Å². The zero-order valence-corrected chi connectivity index (χ0v) is 25.6. The molecule has 0 unspecified atom stereocenters. The van der Waals surface area contributed by atoms with Gasteiger partial charge >= 0.3 is 0 Å². The molecule has 47 heavy (non-hydrogen) atoms. The average Bonchev–Trinajstić information content (AvgIpc) is 3.65. The first-order valence-electron chi connectivity index (χ1n) is 16.1. The summed E-state index contributed by atoms with van der Waals surface area (Å²) in [7, 11) is 0. The molecule has 3 aliphatic heterocycles. The van der Waals surface area contributed by atoms with Crippen molar-refractivity contribution in [2.45, 2.75) is 6.54 Å². The van der Waals surface area contributed by atoms with E-state index in [4.69, 9.17) is 4.42 Å². The van der Waals surface area contributed by atoms with Crippen LogP contribution >= 0.6 is 0 Å². The van der Waals surface area contributed by atoms with E-state index in [9.17, 15) is 0 Å². The molecule has 0 spiro atoms. The molecule has 0 saturated heterocycles. The van der Waals surface area contributed by atoms with Crippen molar-refractivity contribution in [3.8, 4) is 28.1 Å². The Labute approximate surface area is 272 Å². The summed E-state index contributed by atoms with van der Waals surface area (Å²) in [6, 6.07) is 46.1. The number of furan rings is 1. The van der Waals surface area contributed by atoms with Gasteiger partial charge in [-0.25, -0.2) is 0 Å². The van der Waals surface area contributed by atoms with Gasteiger partial charge in [-0.2, -0.15) is 0 Å². The number of aromatic nitrogens is 1. The summed E-state index contributed by atoms with van der Waals surface area (Å²) >= 11 is 0. The quantitative estimate of drug-likeness (QED) is 0.214. The number of nitrogens with zero attached hydrogens (tertiary/aromatic N) is 2. The van der Waals surface area contributed by atoms with Gasteiger partial charge in [0.25, 0.3) is 0 Å². The third-order valence-corrected chi connectivity index (χ3v) is 9.67. The van der Waals surface area contributed by atoms with Crippen LogP contribution in [0.5, 0.6) is 0 Å². The summed E-state index contributed by atoms with van der Waals surface area (Å²) in [5, 5.41) is 9.23. The number of para-hydroxylation sites is 4. The maximum absolute atomic E-state index is 6.49. The molecule has 0 amide bonds. The summed E-state index contributed by atoms with van der Waals surface area (Å²) < 4.78 is 8.92. The Morgan fingerprint density at radius 1 is 0.638 bits per heavy atom. The van der Waals surface area contributed by atoms with Crippen LogP contribution in [0, 0.1) is 0 Å². The number of anilines is 3. The van der Waals surface area contributed by atoms with Crippen LogP contribution in [0.1, 0.15) is 16.9 Å². The first-order chi connectivity index (χ1) is 23.3.